The van der Waals surface area contributed by atoms with Crippen LogP contribution in [0.5, 0.6) is 0 Å². The van der Waals surface area contributed by atoms with E-state index in [-0.39, 0.29) is 12.1 Å². The standard InChI is InChI=1S/C14H21ClN4O2/c1-14(2,3)21-13(20)18-10-4-5-19(8-10)9-11-6-17-12(15)7-16-11/h6-7,10H,4-5,8-9H2,1-3H3,(H,18,20). The predicted octanol–water partition coefficient (Wildman–Crippen LogP) is 2.23. The van der Waals surface area contributed by atoms with Gasteiger partial charge in [-0.2, -0.15) is 0 Å². The van der Waals surface area contributed by atoms with Crippen LogP contribution >= 0.6 is 11.6 Å². The molecule has 0 aliphatic carbocycles. The van der Waals surface area contributed by atoms with Crippen molar-refractivity contribution in [3.8, 4) is 0 Å². The molecule has 0 aromatic carbocycles. The fourth-order valence-electron chi connectivity index (χ4n) is 2.22. The van der Waals surface area contributed by atoms with E-state index in [0.29, 0.717) is 11.7 Å². The monoisotopic (exact) mass is 312 g/mol. The molecule has 0 spiro atoms. The van der Waals surface area contributed by atoms with Crippen molar-refractivity contribution in [2.24, 2.45) is 0 Å². The van der Waals surface area contributed by atoms with Gasteiger partial charge in [0.05, 0.1) is 18.1 Å². The fraction of sp³-hybridized carbons (Fsp3) is 0.643. The second-order valence-corrected chi connectivity index (χ2v) is 6.58. The minimum Gasteiger partial charge on any atom is -0.444 e. The summed E-state index contributed by atoms with van der Waals surface area (Å²) in [5, 5.41) is 3.29. The third-order valence-corrected chi connectivity index (χ3v) is 3.25. The summed E-state index contributed by atoms with van der Waals surface area (Å²) in [5.41, 5.74) is 0.402. The van der Waals surface area contributed by atoms with Crippen LogP contribution in [0.25, 0.3) is 0 Å². The van der Waals surface area contributed by atoms with E-state index in [2.05, 4.69) is 20.2 Å². The molecule has 1 fully saturated rings. The summed E-state index contributed by atoms with van der Waals surface area (Å²) in [5.74, 6) is 0. The lowest BCUT2D eigenvalue weighted by molar-refractivity contribution is 0.0505. The van der Waals surface area contributed by atoms with Crippen LogP contribution in [0.4, 0.5) is 4.79 Å². The molecule has 0 radical (unpaired) electrons. The second kappa shape index (κ2) is 6.58. The molecule has 1 atom stereocenters. The minimum atomic E-state index is -0.471. The van der Waals surface area contributed by atoms with E-state index >= 15 is 0 Å². The number of aromatic nitrogens is 2. The number of likely N-dealkylation sites (tertiary alicyclic amines) is 1. The molecule has 1 aromatic rings. The second-order valence-electron chi connectivity index (χ2n) is 6.20. The van der Waals surface area contributed by atoms with Crippen LogP contribution in [0.3, 0.4) is 0 Å². The van der Waals surface area contributed by atoms with E-state index in [1.54, 1.807) is 12.4 Å². The largest absolute Gasteiger partial charge is 0.444 e. The first-order chi connectivity index (χ1) is 9.82. The van der Waals surface area contributed by atoms with Crippen LogP contribution in [0, 0.1) is 0 Å². The molecule has 6 nitrogen and oxygen atoms in total. The molecule has 0 bridgehead atoms. The highest BCUT2D eigenvalue weighted by atomic mass is 35.5. The Hall–Kier alpha value is -1.40. The van der Waals surface area contributed by atoms with Gasteiger partial charge < -0.3 is 10.1 Å². The van der Waals surface area contributed by atoms with Gasteiger partial charge in [-0.05, 0) is 27.2 Å². The number of halogens is 1. The van der Waals surface area contributed by atoms with Crippen LogP contribution in [0.1, 0.15) is 32.9 Å². The first-order valence-electron chi connectivity index (χ1n) is 7.00. The topological polar surface area (TPSA) is 67.3 Å². The molecule has 1 aliphatic heterocycles. The van der Waals surface area contributed by atoms with Crippen molar-refractivity contribution < 1.29 is 9.53 Å². The number of hydrogen-bond acceptors (Lipinski definition) is 5. The summed E-state index contributed by atoms with van der Waals surface area (Å²) in [4.78, 5) is 22.2. The molecule has 0 saturated carbocycles. The van der Waals surface area contributed by atoms with Crippen LogP contribution in [0.15, 0.2) is 12.4 Å². The van der Waals surface area contributed by atoms with Crippen molar-refractivity contribution in [3.63, 3.8) is 0 Å². The first kappa shape index (κ1) is 16.0. The summed E-state index contributed by atoms with van der Waals surface area (Å²) < 4.78 is 5.26. The van der Waals surface area contributed by atoms with Gasteiger partial charge in [0.1, 0.15) is 10.8 Å². The van der Waals surface area contributed by atoms with Gasteiger partial charge in [0, 0.05) is 25.7 Å². The molecule has 1 amide bonds. The molecule has 1 aromatic heterocycles. The Morgan fingerprint density at radius 1 is 1.48 bits per heavy atom. The maximum absolute atomic E-state index is 11.7. The molecule has 1 aliphatic rings. The zero-order valence-corrected chi connectivity index (χ0v) is 13.4. The molecular formula is C14H21ClN4O2. The summed E-state index contributed by atoms with van der Waals surface area (Å²) in [6.45, 7) is 7.96. The smallest absolute Gasteiger partial charge is 0.407 e. The van der Waals surface area contributed by atoms with E-state index in [0.717, 1.165) is 25.2 Å². The summed E-state index contributed by atoms with van der Waals surface area (Å²) in [6.07, 6.45) is 3.77. The number of nitrogens with one attached hydrogen (secondary N) is 1. The summed E-state index contributed by atoms with van der Waals surface area (Å²) in [6, 6.07) is 0.111. The number of nitrogens with zero attached hydrogens (tertiary/aromatic N) is 3. The molecule has 116 valence electrons. The Morgan fingerprint density at radius 2 is 2.24 bits per heavy atom. The average molecular weight is 313 g/mol. The van der Waals surface area contributed by atoms with E-state index in [9.17, 15) is 4.79 Å². The highest BCUT2D eigenvalue weighted by Gasteiger charge is 2.26. The lowest BCUT2D eigenvalue weighted by Gasteiger charge is -2.22. The Labute approximate surface area is 129 Å². The number of amides is 1. The van der Waals surface area contributed by atoms with E-state index in [1.807, 2.05) is 20.8 Å². The van der Waals surface area contributed by atoms with Gasteiger partial charge in [0.15, 0.2) is 0 Å². The number of ether oxygens (including phenoxy) is 1. The quantitative estimate of drug-likeness (QED) is 0.927. The third kappa shape index (κ3) is 5.47. The first-order valence-corrected chi connectivity index (χ1v) is 7.38. The number of carbonyl (C=O) groups is 1. The Morgan fingerprint density at radius 3 is 2.86 bits per heavy atom. The normalized spacial score (nSPS) is 19.5. The zero-order chi connectivity index (χ0) is 15.5. The molecule has 1 N–H and O–H groups in total. The lowest BCUT2D eigenvalue weighted by atomic mass is 10.2. The van der Waals surface area contributed by atoms with Crippen molar-refractivity contribution in [1.82, 2.24) is 20.2 Å². The molecular weight excluding hydrogens is 292 g/mol. The van der Waals surface area contributed by atoms with Gasteiger partial charge in [0.2, 0.25) is 0 Å². The maximum Gasteiger partial charge on any atom is 0.407 e. The highest BCUT2D eigenvalue weighted by molar-refractivity contribution is 6.29. The van der Waals surface area contributed by atoms with Gasteiger partial charge >= 0.3 is 6.09 Å². The summed E-state index contributed by atoms with van der Waals surface area (Å²) >= 11 is 5.71. The Balaban J connectivity index is 1.78. The number of hydrogen-bond donors (Lipinski definition) is 1. The van der Waals surface area contributed by atoms with Crippen LogP contribution < -0.4 is 5.32 Å². The lowest BCUT2D eigenvalue weighted by Crippen LogP contribution is -2.40. The van der Waals surface area contributed by atoms with Crippen LogP contribution in [-0.4, -0.2) is 45.7 Å². The molecule has 2 heterocycles. The van der Waals surface area contributed by atoms with Crippen molar-refractivity contribution in [2.45, 2.75) is 45.4 Å². The maximum atomic E-state index is 11.7. The van der Waals surface area contributed by atoms with Gasteiger partial charge in [-0.25, -0.2) is 9.78 Å². The summed E-state index contributed by atoms with van der Waals surface area (Å²) in [7, 11) is 0. The van der Waals surface area contributed by atoms with E-state index < -0.39 is 5.60 Å². The molecule has 2 rings (SSSR count). The molecule has 7 heteroatoms. The van der Waals surface area contributed by atoms with Gasteiger partial charge in [0.25, 0.3) is 0 Å². The van der Waals surface area contributed by atoms with Gasteiger partial charge in [-0.3, -0.25) is 9.88 Å². The van der Waals surface area contributed by atoms with Crippen molar-refractivity contribution in [3.05, 3.63) is 23.2 Å². The van der Waals surface area contributed by atoms with E-state index in [4.69, 9.17) is 16.3 Å². The number of carbonyl (C=O) groups excluding carboxylic acids is 1. The van der Waals surface area contributed by atoms with Gasteiger partial charge in [-0.15, -0.1) is 0 Å². The van der Waals surface area contributed by atoms with Crippen molar-refractivity contribution in [2.75, 3.05) is 13.1 Å². The van der Waals surface area contributed by atoms with Gasteiger partial charge in [-0.1, -0.05) is 11.6 Å². The highest BCUT2D eigenvalue weighted by Crippen LogP contribution is 2.14. The Kier molecular flexibility index (Phi) is 5.00. The van der Waals surface area contributed by atoms with Crippen molar-refractivity contribution in [1.29, 1.82) is 0 Å². The molecule has 1 saturated heterocycles. The van der Waals surface area contributed by atoms with E-state index in [1.165, 1.54) is 0 Å². The van der Waals surface area contributed by atoms with Crippen LogP contribution in [-0.2, 0) is 11.3 Å². The average Bonchev–Trinajstić information content (AvgIpc) is 2.77. The number of rotatable bonds is 3. The number of alkyl carbamates (subject to hydrolysis) is 1. The fourth-order valence-corrected chi connectivity index (χ4v) is 2.32. The third-order valence-electron chi connectivity index (χ3n) is 3.05. The molecule has 21 heavy (non-hydrogen) atoms. The zero-order valence-electron chi connectivity index (χ0n) is 12.6. The SMILES string of the molecule is CC(C)(C)OC(=O)NC1CCN(Cc2cnc(Cl)cn2)C1. The minimum absolute atomic E-state index is 0.111. The van der Waals surface area contributed by atoms with Crippen LogP contribution in [0.2, 0.25) is 5.15 Å². The molecule has 1 unspecified atom stereocenters. The van der Waals surface area contributed by atoms with Crippen molar-refractivity contribution >= 4 is 17.7 Å². The predicted molar refractivity (Wildman–Crippen MR) is 80.1 cm³/mol. The Bertz CT molecular complexity index is 487.